The molecule has 0 bridgehead atoms. The van der Waals surface area contributed by atoms with Gasteiger partial charge < -0.3 is 9.57 Å². The normalized spacial score (nSPS) is 11.9. The Bertz CT molecular complexity index is 406. The first-order valence-corrected chi connectivity index (χ1v) is 5.71. The lowest BCUT2D eigenvalue weighted by Gasteiger charge is -2.15. The van der Waals surface area contributed by atoms with E-state index in [0.29, 0.717) is 28.0 Å². The van der Waals surface area contributed by atoms with Crippen LogP contribution < -0.4 is 10.2 Å². The molecule has 1 unspecified atom stereocenters. The van der Waals surface area contributed by atoms with Crippen LogP contribution in [0.25, 0.3) is 0 Å². The number of terminal acetylenes is 1. The smallest absolute Gasteiger partial charge is 0.156 e. The highest BCUT2D eigenvalue weighted by atomic mass is 35.5. The number of nitrogens with one attached hydrogen (secondary N) is 1. The Kier molecular flexibility index (Phi) is 5.60. The van der Waals surface area contributed by atoms with Crippen molar-refractivity contribution in [3.05, 3.63) is 27.7 Å². The Balaban J connectivity index is 2.75. The molecular weight excluding hydrogens is 261 g/mol. The Morgan fingerprint density at radius 1 is 1.41 bits per heavy atom. The molecule has 1 rings (SSSR count). The number of hydrogen-bond acceptors (Lipinski definition) is 3. The molecule has 0 aliphatic carbocycles. The predicted octanol–water partition coefficient (Wildman–Crippen LogP) is 2.89. The van der Waals surface area contributed by atoms with Crippen molar-refractivity contribution in [1.82, 2.24) is 5.48 Å². The van der Waals surface area contributed by atoms with Crippen molar-refractivity contribution < 1.29 is 9.57 Å². The van der Waals surface area contributed by atoms with Crippen LogP contribution in [-0.4, -0.2) is 19.8 Å². The van der Waals surface area contributed by atoms with Gasteiger partial charge in [0.25, 0.3) is 0 Å². The van der Waals surface area contributed by atoms with Gasteiger partial charge in [-0.05, 0) is 19.1 Å². The van der Waals surface area contributed by atoms with Gasteiger partial charge in [-0.3, -0.25) is 0 Å². The molecule has 1 atom stereocenters. The fourth-order valence-corrected chi connectivity index (χ4v) is 1.82. The fraction of sp³-hybridized carbons (Fsp3) is 0.333. The molecule has 0 aliphatic rings. The molecule has 3 nitrogen and oxygen atoms in total. The molecule has 0 amide bonds. The monoisotopic (exact) mass is 273 g/mol. The zero-order valence-electron chi connectivity index (χ0n) is 9.59. The Labute approximate surface area is 111 Å². The van der Waals surface area contributed by atoms with Crippen LogP contribution in [0.2, 0.25) is 10.0 Å². The Morgan fingerprint density at radius 3 is 2.47 bits per heavy atom. The molecule has 0 radical (unpaired) electrons. The van der Waals surface area contributed by atoms with Crippen LogP contribution in [0.1, 0.15) is 12.5 Å². The summed E-state index contributed by atoms with van der Waals surface area (Å²) < 4.78 is 5.51. The van der Waals surface area contributed by atoms with Crippen LogP contribution in [0.5, 0.6) is 5.75 Å². The topological polar surface area (TPSA) is 30.5 Å². The number of halogens is 2. The summed E-state index contributed by atoms with van der Waals surface area (Å²) in [6.45, 7) is 2.28. The highest BCUT2D eigenvalue weighted by Crippen LogP contribution is 2.34. The van der Waals surface area contributed by atoms with Gasteiger partial charge in [0.05, 0.1) is 23.2 Å². The van der Waals surface area contributed by atoms with Crippen LogP contribution in [-0.2, 0) is 4.84 Å². The Hall–Kier alpha value is -0.920. The molecule has 0 fully saturated rings. The highest BCUT2D eigenvalue weighted by Gasteiger charge is 2.10. The number of hydrogen-bond donors (Lipinski definition) is 1. The molecule has 5 heteroatoms. The summed E-state index contributed by atoms with van der Waals surface area (Å²) in [5.41, 5.74) is 3.35. The third-order valence-corrected chi connectivity index (χ3v) is 2.52. The Morgan fingerprint density at radius 2 is 2.00 bits per heavy atom. The highest BCUT2D eigenvalue weighted by molar-refractivity contribution is 6.37. The van der Waals surface area contributed by atoms with E-state index in [1.165, 1.54) is 7.11 Å². The second kappa shape index (κ2) is 6.73. The fourth-order valence-electron chi connectivity index (χ4n) is 1.22. The van der Waals surface area contributed by atoms with Crippen LogP contribution in [0.4, 0.5) is 0 Å². The first kappa shape index (κ1) is 14.1. The number of benzene rings is 1. The molecule has 0 saturated carbocycles. The third kappa shape index (κ3) is 4.10. The lowest BCUT2D eigenvalue weighted by atomic mass is 10.2. The van der Waals surface area contributed by atoms with E-state index in [4.69, 9.17) is 39.2 Å². The molecule has 0 spiro atoms. The predicted molar refractivity (Wildman–Crippen MR) is 69.5 cm³/mol. The molecule has 0 saturated heterocycles. The largest absolute Gasteiger partial charge is 0.489 e. The van der Waals surface area contributed by atoms with E-state index in [0.717, 1.165) is 0 Å². The van der Waals surface area contributed by atoms with Crippen LogP contribution in [0.3, 0.4) is 0 Å². The van der Waals surface area contributed by atoms with E-state index in [9.17, 15) is 0 Å². The summed E-state index contributed by atoms with van der Waals surface area (Å²) in [6, 6.07) is 3.29. The SMILES string of the molecule is C#Cc1cc(Cl)c(OCC(C)NOC)c(Cl)c1. The maximum absolute atomic E-state index is 6.02. The summed E-state index contributed by atoms with van der Waals surface area (Å²) in [4.78, 5) is 4.77. The summed E-state index contributed by atoms with van der Waals surface area (Å²) in [5.74, 6) is 2.89. The van der Waals surface area contributed by atoms with E-state index in [1.807, 2.05) is 6.92 Å². The molecule has 92 valence electrons. The van der Waals surface area contributed by atoms with E-state index < -0.39 is 0 Å². The number of rotatable bonds is 5. The van der Waals surface area contributed by atoms with Gasteiger partial charge in [0.15, 0.2) is 5.75 Å². The maximum Gasteiger partial charge on any atom is 0.156 e. The van der Waals surface area contributed by atoms with E-state index >= 15 is 0 Å². The first-order chi connectivity index (χ1) is 8.08. The quantitative estimate of drug-likeness (QED) is 0.661. The van der Waals surface area contributed by atoms with Crippen LogP contribution in [0.15, 0.2) is 12.1 Å². The number of ether oxygens (including phenoxy) is 1. The standard InChI is InChI=1S/C12H13Cl2NO2/c1-4-9-5-10(13)12(11(14)6-9)17-7-8(2)15-16-3/h1,5-6,8,15H,7H2,2-3H3. The molecule has 0 aromatic heterocycles. The van der Waals surface area contributed by atoms with Crippen LogP contribution in [0, 0.1) is 12.3 Å². The second-order valence-electron chi connectivity index (χ2n) is 3.45. The van der Waals surface area contributed by atoms with Crippen LogP contribution >= 0.6 is 23.2 Å². The van der Waals surface area contributed by atoms with Crippen molar-refractivity contribution in [2.45, 2.75) is 13.0 Å². The molecule has 1 aromatic carbocycles. The molecule has 0 heterocycles. The van der Waals surface area contributed by atoms with Crippen molar-refractivity contribution >= 4 is 23.2 Å². The van der Waals surface area contributed by atoms with E-state index in [1.54, 1.807) is 12.1 Å². The van der Waals surface area contributed by atoms with E-state index in [2.05, 4.69) is 11.4 Å². The van der Waals surface area contributed by atoms with Crippen molar-refractivity contribution in [1.29, 1.82) is 0 Å². The molecule has 1 N–H and O–H groups in total. The molecule has 0 aliphatic heterocycles. The van der Waals surface area contributed by atoms with Crippen molar-refractivity contribution in [3.8, 4) is 18.1 Å². The third-order valence-electron chi connectivity index (χ3n) is 1.96. The van der Waals surface area contributed by atoms with Gasteiger partial charge in [0, 0.05) is 5.56 Å². The summed E-state index contributed by atoms with van der Waals surface area (Å²) in [5, 5.41) is 0.796. The van der Waals surface area contributed by atoms with Gasteiger partial charge in [-0.15, -0.1) is 6.42 Å². The molecular formula is C12H13Cl2NO2. The lowest BCUT2D eigenvalue weighted by molar-refractivity contribution is 0.0502. The van der Waals surface area contributed by atoms with Crippen molar-refractivity contribution in [2.24, 2.45) is 0 Å². The zero-order chi connectivity index (χ0) is 12.8. The second-order valence-corrected chi connectivity index (χ2v) is 4.26. The van der Waals surface area contributed by atoms with Gasteiger partial charge >= 0.3 is 0 Å². The number of hydroxylamine groups is 1. The first-order valence-electron chi connectivity index (χ1n) is 4.95. The van der Waals surface area contributed by atoms with Gasteiger partial charge in [0.1, 0.15) is 6.61 Å². The average Bonchev–Trinajstić information content (AvgIpc) is 2.28. The average molecular weight is 274 g/mol. The summed E-state index contributed by atoms with van der Waals surface area (Å²) >= 11 is 12.0. The van der Waals surface area contributed by atoms with Gasteiger partial charge in [-0.25, -0.2) is 0 Å². The van der Waals surface area contributed by atoms with Gasteiger partial charge in [0.2, 0.25) is 0 Å². The van der Waals surface area contributed by atoms with E-state index in [-0.39, 0.29) is 6.04 Å². The van der Waals surface area contributed by atoms with Gasteiger partial charge in [-0.1, -0.05) is 29.1 Å². The van der Waals surface area contributed by atoms with Gasteiger partial charge in [-0.2, -0.15) is 5.48 Å². The zero-order valence-corrected chi connectivity index (χ0v) is 11.1. The minimum Gasteiger partial charge on any atom is -0.489 e. The maximum atomic E-state index is 6.02. The van der Waals surface area contributed by atoms with Crippen molar-refractivity contribution in [3.63, 3.8) is 0 Å². The van der Waals surface area contributed by atoms with Crippen molar-refractivity contribution in [2.75, 3.05) is 13.7 Å². The molecule has 17 heavy (non-hydrogen) atoms. The minimum absolute atomic E-state index is 0.0134. The minimum atomic E-state index is 0.0134. The lowest BCUT2D eigenvalue weighted by Crippen LogP contribution is -2.30. The summed E-state index contributed by atoms with van der Waals surface area (Å²) in [6.07, 6.45) is 5.26. The summed E-state index contributed by atoms with van der Waals surface area (Å²) in [7, 11) is 1.54. The molecule has 1 aromatic rings.